The van der Waals surface area contributed by atoms with Gasteiger partial charge in [0.05, 0.1) is 19.3 Å². The molecule has 3 nitrogen and oxygen atoms in total. The SMILES string of the molecule is C#CC(CCN1CCOCC1)NC. The van der Waals surface area contributed by atoms with E-state index in [0.717, 1.165) is 39.3 Å². The molecule has 0 radical (unpaired) electrons. The summed E-state index contributed by atoms with van der Waals surface area (Å²) < 4.78 is 5.26. The quantitative estimate of drug-likeness (QED) is 0.616. The molecule has 1 saturated heterocycles. The monoisotopic (exact) mass is 182 g/mol. The third kappa shape index (κ3) is 3.77. The van der Waals surface area contributed by atoms with Gasteiger partial charge in [0.1, 0.15) is 0 Å². The number of terminal acetylenes is 1. The van der Waals surface area contributed by atoms with Crippen LogP contribution in [0.1, 0.15) is 6.42 Å². The van der Waals surface area contributed by atoms with Gasteiger partial charge in [-0.15, -0.1) is 6.42 Å². The summed E-state index contributed by atoms with van der Waals surface area (Å²) in [5, 5.41) is 3.10. The third-order valence-corrected chi connectivity index (χ3v) is 2.39. The fourth-order valence-corrected chi connectivity index (χ4v) is 1.45. The number of rotatable bonds is 4. The van der Waals surface area contributed by atoms with E-state index in [1.165, 1.54) is 0 Å². The second kappa shape index (κ2) is 5.98. The van der Waals surface area contributed by atoms with Crippen LogP contribution in [0.15, 0.2) is 0 Å². The Morgan fingerprint density at radius 1 is 1.54 bits per heavy atom. The van der Waals surface area contributed by atoms with Crippen LogP contribution in [0.3, 0.4) is 0 Å². The minimum Gasteiger partial charge on any atom is -0.379 e. The molecule has 0 aromatic carbocycles. The van der Waals surface area contributed by atoms with Crippen LogP contribution in [-0.4, -0.2) is 50.8 Å². The lowest BCUT2D eigenvalue weighted by atomic mass is 10.2. The molecule has 1 heterocycles. The van der Waals surface area contributed by atoms with E-state index < -0.39 is 0 Å². The Kier molecular flexibility index (Phi) is 4.84. The number of nitrogens with one attached hydrogen (secondary N) is 1. The van der Waals surface area contributed by atoms with Crippen LogP contribution in [0.25, 0.3) is 0 Å². The lowest BCUT2D eigenvalue weighted by Gasteiger charge is -2.27. The molecule has 0 aliphatic carbocycles. The van der Waals surface area contributed by atoms with E-state index in [1.807, 2.05) is 7.05 Å². The average Bonchev–Trinajstić information content (AvgIpc) is 2.21. The van der Waals surface area contributed by atoms with Crippen molar-refractivity contribution in [2.75, 3.05) is 39.9 Å². The third-order valence-electron chi connectivity index (χ3n) is 2.39. The van der Waals surface area contributed by atoms with Gasteiger partial charge in [0, 0.05) is 19.6 Å². The van der Waals surface area contributed by atoms with E-state index >= 15 is 0 Å². The molecule has 0 saturated carbocycles. The normalized spacial score (nSPS) is 20.9. The van der Waals surface area contributed by atoms with Gasteiger partial charge in [0.2, 0.25) is 0 Å². The zero-order valence-corrected chi connectivity index (χ0v) is 8.25. The molecule has 3 heteroatoms. The molecule has 0 aromatic heterocycles. The van der Waals surface area contributed by atoms with E-state index in [4.69, 9.17) is 11.2 Å². The Balaban J connectivity index is 2.13. The van der Waals surface area contributed by atoms with E-state index in [9.17, 15) is 0 Å². The molecule has 1 aliphatic rings. The molecule has 0 spiro atoms. The van der Waals surface area contributed by atoms with Crippen LogP contribution < -0.4 is 5.32 Å². The summed E-state index contributed by atoms with van der Waals surface area (Å²) in [5.74, 6) is 2.72. The van der Waals surface area contributed by atoms with Crippen molar-refractivity contribution in [3.05, 3.63) is 0 Å². The van der Waals surface area contributed by atoms with Crippen LogP contribution in [0, 0.1) is 12.3 Å². The molecule has 1 atom stereocenters. The Bertz CT molecular complexity index is 170. The van der Waals surface area contributed by atoms with E-state index in [-0.39, 0.29) is 6.04 Å². The van der Waals surface area contributed by atoms with E-state index in [2.05, 4.69) is 16.1 Å². The molecule has 0 bridgehead atoms. The highest BCUT2D eigenvalue weighted by atomic mass is 16.5. The van der Waals surface area contributed by atoms with Gasteiger partial charge in [-0.05, 0) is 13.5 Å². The highest BCUT2D eigenvalue weighted by Gasteiger charge is 2.11. The van der Waals surface area contributed by atoms with Gasteiger partial charge in [-0.3, -0.25) is 4.90 Å². The van der Waals surface area contributed by atoms with Crippen LogP contribution >= 0.6 is 0 Å². The highest BCUT2D eigenvalue weighted by Crippen LogP contribution is 1.99. The first-order valence-corrected chi connectivity index (χ1v) is 4.80. The summed E-state index contributed by atoms with van der Waals surface area (Å²) in [7, 11) is 1.91. The number of nitrogens with zero attached hydrogens (tertiary/aromatic N) is 1. The second-order valence-electron chi connectivity index (χ2n) is 3.25. The van der Waals surface area contributed by atoms with Gasteiger partial charge >= 0.3 is 0 Å². The van der Waals surface area contributed by atoms with Gasteiger partial charge in [-0.1, -0.05) is 5.92 Å². The van der Waals surface area contributed by atoms with Crippen molar-refractivity contribution < 1.29 is 4.74 Å². The molecule has 0 aromatic rings. The maximum Gasteiger partial charge on any atom is 0.0696 e. The highest BCUT2D eigenvalue weighted by molar-refractivity contribution is 4.98. The van der Waals surface area contributed by atoms with Crippen molar-refractivity contribution in [1.82, 2.24) is 10.2 Å². The van der Waals surface area contributed by atoms with Gasteiger partial charge in [-0.25, -0.2) is 0 Å². The number of morpholine rings is 1. The van der Waals surface area contributed by atoms with Crippen molar-refractivity contribution in [1.29, 1.82) is 0 Å². The first-order valence-electron chi connectivity index (χ1n) is 4.80. The molecular weight excluding hydrogens is 164 g/mol. The van der Waals surface area contributed by atoms with Crippen molar-refractivity contribution in [2.24, 2.45) is 0 Å². The summed E-state index contributed by atoms with van der Waals surface area (Å²) in [6.07, 6.45) is 6.36. The molecule has 1 N–H and O–H groups in total. The van der Waals surface area contributed by atoms with Crippen molar-refractivity contribution in [3.63, 3.8) is 0 Å². The largest absolute Gasteiger partial charge is 0.379 e. The Hall–Kier alpha value is -0.560. The topological polar surface area (TPSA) is 24.5 Å². The smallest absolute Gasteiger partial charge is 0.0696 e. The number of hydrogen-bond acceptors (Lipinski definition) is 3. The van der Waals surface area contributed by atoms with E-state index in [0.29, 0.717) is 0 Å². The molecule has 1 aliphatic heterocycles. The Morgan fingerprint density at radius 2 is 2.23 bits per heavy atom. The van der Waals surface area contributed by atoms with Crippen LogP contribution in [0.2, 0.25) is 0 Å². The predicted octanol–water partition coefficient (Wildman–Crippen LogP) is -0.0701. The van der Waals surface area contributed by atoms with Crippen molar-refractivity contribution >= 4 is 0 Å². The first kappa shape index (κ1) is 10.5. The van der Waals surface area contributed by atoms with Gasteiger partial charge in [0.15, 0.2) is 0 Å². The minimum atomic E-state index is 0.211. The maximum absolute atomic E-state index is 5.34. The van der Waals surface area contributed by atoms with Gasteiger partial charge in [0.25, 0.3) is 0 Å². The van der Waals surface area contributed by atoms with Gasteiger partial charge in [-0.2, -0.15) is 0 Å². The Labute approximate surface area is 80.4 Å². The maximum atomic E-state index is 5.34. The first-order chi connectivity index (χ1) is 6.36. The number of ether oxygens (including phenoxy) is 1. The van der Waals surface area contributed by atoms with Crippen LogP contribution in [-0.2, 0) is 4.74 Å². The zero-order chi connectivity index (χ0) is 9.52. The molecule has 1 rings (SSSR count). The summed E-state index contributed by atoms with van der Waals surface area (Å²) in [4.78, 5) is 2.39. The molecule has 1 fully saturated rings. The van der Waals surface area contributed by atoms with Crippen molar-refractivity contribution in [3.8, 4) is 12.3 Å². The summed E-state index contributed by atoms with van der Waals surface area (Å²) >= 11 is 0. The van der Waals surface area contributed by atoms with Crippen LogP contribution in [0.5, 0.6) is 0 Å². The summed E-state index contributed by atoms with van der Waals surface area (Å²) in [6.45, 7) is 4.88. The number of hydrogen-bond donors (Lipinski definition) is 1. The van der Waals surface area contributed by atoms with E-state index in [1.54, 1.807) is 0 Å². The predicted molar refractivity (Wildman–Crippen MR) is 53.6 cm³/mol. The molecule has 13 heavy (non-hydrogen) atoms. The molecular formula is C10H18N2O. The lowest BCUT2D eigenvalue weighted by Crippen LogP contribution is -2.39. The average molecular weight is 182 g/mol. The second-order valence-corrected chi connectivity index (χ2v) is 3.25. The zero-order valence-electron chi connectivity index (χ0n) is 8.25. The van der Waals surface area contributed by atoms with Crippen LogP contribution in [0.4, 0.5) is 0 Å². The lowest BCUT2D eigenvalue weighted by molar-refractivity contribution is 0.0369. The standard InChI is InChI=1S/C10H18N2O/c1-3-10(11-2)4-5-12-6-8-13-9-7-12/h1,10-11H,4-9H2,2H3. The minimum absolute atomic E-state index is 0.211. The summed E-state index contributed by atoms with van der Waals surface area (Å²) in [5.41, 5.74) is 0. The fraction of sp³-hybridized carbons (Fsp3) is 0.800. The summed E-state index contributed by atoms with van der Waals surface area (Å²) in [6, 6.07) is 0.211. The van der Waals surface area contributed by atoms with Crippen molar-refractivity contribution in [2.45, 2.75) is 12.5 Å². The fourth-order valence-electron chi connectivity index (χ4n) is 1.45. The molecule has 74 valence electrons. The van der Waals surface area contributed by atoms with Gasteiger partial charge < -0.3 is 10.1 Å². The molecule has 1 unspecified atom stereocenters. The molecule has 0 amide bonds. The Morgan fingerprint density at radius 3 is 2.77 bits per heavy atom.